The van der Waals surface area contributed by atoms with Crippen molar-refractivity contribution >= 4 is 5.91 Å². The van der Waals surface area contributed by atoms with E-state index in [4.69, 9.17) is 0 Å². The molecule has 4 nitrogen and oxygen atoms in total. The second kappa shape index (κ2) is 8.14. The van der Waals surface area contributed by atoms with Gasteiger partial charge in [0.1, 0.15) is 0 Å². The van der Waals surface area contributed by atoms with Crippen LogP contribution in [0.3, 0.4) is 0 Å². The van der Waals surface area contributed by atoms with Gasteiger partial charge in [-0.25, -0.2) is 0 Å². The van der Waals surface area contributed by atoms with Gasteiger partial charge in [-0.1, -0.05) is 26.7 Å². The molecular formula is C17H33N3O. The van der Waals surface area contributed by atoms with Crippen LogP contribution >= 0.6 is 0 Å². The maximum absolute atomic E-state index is 12.5. The maximum atomic E-state index is 12.5. The van der Waals surface area contributed by atoms with Crippen molar-refractivity contribution in [2.75, 3.05) is 19.6 Å². The summed E-state index contributed by atoms with van der Waals surface area (Å²) in [6.07, 6.45) is 8.45. The highest BCUT2D eigenvalue weighted by Gasteiger charge is 2.36. The molecule has 2 aliphatic heterocycles. The van der Waals surface area contributed by atoms with Crippen molar-refractivity contribution in [3.05, 3.63) is 0 Å². The number of piperidine rings is 1. The Morgan fingerprint density at radius 2 is 2.05 bits per heavy atom. The van der Waals surface area contributed by atoms with E-state index in [0.717, 1.165) is 44.8 Å². The van der Waals surface area contributed by atoms with Crippen molar-refractivity contribution in [2.45, 2.75) is 84.0 Å². The monoisotopic (exact) mass is 295 g/mol. The maximum Gasteiger partial charge on any atom is 0.241 e. The number of carbonyl (C=O) groups excluding carboxylic acids is 1. The van der Waals surface area contributed by atoms with Gasteiger partial charge in [-0.3, -0.25) is 10.1 Å². The molecule has 3 atom stereocenters. The Labute approximate surface area is 130 Å². The third-order valence-corrected chi connectivity index (χ3v) is 5.10. The van der Waals surface area contributed by atoms with Crippen LogP contribution in [-0.2, 0) is 4.79 Å². The minimum absolute atomic E-state index is 0.0638. The van der Waals surface area contributed by atoms with Crippen LogP contribution in [0.2, 0.25) is 0 Å². The Morgan fingerprint density at radius 3 is 2.71 bits per heavy atom. The van der Waals surface area contributed by atoms with Gasteiger partial charge in [-0.2, -0.15) is 0 Å². The molecule has 2 heterocycles. The first kappa shape index (κ1) is 16.8. The molecule has 1 amide bonds. The van der Waals surface area contributed by atoms with Crippen molar-refractivity contribution in [2.24, 2.45) is 0 Å². The fourth-order valence-electron chi connectivity index (χ4n) is 3.78. The van der Waals surface area contributed by atoms with Crippen molar-refractivity contribution < 1.29 is 4.79 Å². The zero-order valence-corrected chi connectivity index (χ0v) is 14.1. The fraction of sp³-hybridized carbons (Fsp3) is 0.941. The minimum atomic E-state index is 0.0638. The first-order valence-electron chi connectivity index (χ1n) is 8.98. The molecule has 2 aliphatic rings. The van der Waals surface area contributed by atoms with Crippen LogP contribution in [0.4, 0.5) is 0 Å². The first-order chi connectivity index (χ1) is 10.2. The van der Waals surface area contributed by atoms with Gasteiger partial charge >= 0.3 is 0 Å². The molecule has 0 saturated carbocycles. The summed E-state index contributed by atoms with van der Waals surface area (Å²) in [7, 11) is 0. The summed E-state index contributed by atoms with van der Waals surface area (Å²) in [5, 5.41) is 3.50. The Morgan fingerprint density at radius 1 is 1.24 bits per heavy atom. The average Bonchev–Trinajstić information content (AvgIpc) is 2.78. The Bertz CT molecular complexity index is 334. The minimum Gasteiger partial charge on any atom is -0.326 e. The SMILES string of the molecule is CCCC1NC(CC)N(CCCN2CCCCC2C)C1=O. The largest absolute Gasteiger partial charge is 0.326 e. The number of likely N-dealkylation sites (tertiary alicyclic amines) is 1. The third kappa shape index (κ3) is 4.19. The van der Waals surface area contributed by atoms with Gasteiger partial charge in [0.05, 0.1) is 12.2 Å². The van der Waals surface area contributed by atoms with Crippen molar-refractivity contribution in [1.29, 1.82) is 0 Å². The predicted octanol–water partition coefficient (Wildman–Crippen LogP) is 2.59. The molecule has 21 heavy (non-hydrogen) atoms. The average molecular weight is 295 g/mol. The summed E-state index contributed by atoms with van der Waals surface area (Å²) in [6.45, 7) is 9.94. The lowest BCUT2D eigenvalue weighted by Crippen LogP contribution is -2.41. The van der Waals surface area contributed by atoms with E-state index in [2.05, 4.69) is 35.9 Å². The molecule has 0 bridgehead atoms. The Balaban J connectivity index is 1.79. The lowest BCUT2D eigenvalue weighted by atomic mass is 10.0. The molecule has 0 aromatic carbocycles. The van der Waals surface area contributed by atoms with Crippen LogP contribution < -0.4 is 5.32 Å². The zero-order chi connectivity index (χ0) is 15.2. The van der Waals surface area contributed by atoms with E-state index < -0.39 is 0 Å². The van der Waals surface area contributed by atoms with Crippen LogP contribution in [0.5, 0.6) is 0 Å². The van der Waals surface area contributed by atoms with Gasteiger partial charge in [-0.15, -0.1) is 0 Å². The second-order valence-corrected chi connectivity index (χ2v) is 6.70. The summed E-state index contributed by atoms with van der Waals surface area (Å²) < 4.78 is 0. The van der Waals surface area contributed by atoms with Crippen LogP contribution in [0.1, 0.15) is 65.7 Å². The van der Waals surface area contributed by atoms with Crippen LogP contribution in [-0.4, -0.2) is 53.6 Å². The molecule has 0 aromatic heterocycles. The van der Waals surface area contributed by atoms with Crippen molar-refractivity contribution in [3.63, 3.8) is 0 Å². The van der Waals surface area contributed by atoms with Gasteiger partial charge in [0, 0.05) is 19.1 Å². The number of hydrogen-bond acceptors (Lipinski definition) is 3. The van der Waals surface area contributed by atoms with E-state index in [1.165, 1.54) is 25.8 Å². The second-order valence-electron chi connectivity index (χ2n) is 6.70. The molecular weight excluding hydrogens is 262 g/mol. The molecule has 0 aromatic rings. The van der Waals surface area contributed by atoms with Crippen LogP contribution in [0.25, 0.3) is 0 Å². The number of amides is 1. The summed E-state index contributed by atoms with van der Waals surface area (Å²) in [6, 6.07) is 0.787. The highest BCUT2D eigenvalue weighted by atomic mass is 16.2. The molecule has 122 valence electrons. The van der Waals surface area contributed by atoms with Crippen LogP contribution in [0.15, 0.2) is 0 Å². The van der Waals surface area contributed by atoms with Gasteiger partial charge in [0.25, 0.3) is 0 Å². The predicted molar refractivity (Wildman–Crippen MR) is 87.1 cm³/mol. The van der Waals surface area contributed by atoms with E-state index in [9.17, 15) is 4.79 Å². The smallest absolute Gasteiger partial charge is 0.241 e. The number of nitrogens with zero attached hydrogens (tertiary/aromatic N) is 2. The molecule has 2 saturated heterocycles. The van der Waals surface area contributed by atoms with Gasteiger partial charge in [-0.05, 0) is 45.6 Å². The summed E-state index contributed by atoms with van der Waals surface area (Å²) in [5.41, 5.74) is 0. The highest BCUT2D eigenvalue weighted by molar-refractivity contribution is 5.84. The standard InChI is InChI=1S/C17H33N3O/c1-4-9-15-17(21)20(16(5-2)18-15)13-8-12-19-11-7-6-10-14(19)3/h14-16,18H,4-13H2,1-3H3. The Hall–Kier alpha value is -0.610. The van der Waals surface area contributed by atoms with E-state index in [-0.39, 0.29) is 12.2 Å². The van der Waals surface area contributed by atoms with E-state index in [1.54, 1.807) is 0 Å². The molecule has 0 spiro atoms. The number of nitrogens with one attached hydrogen (secondary N) is 1. The van der Waals surface area contributed by atoms with E-state index >= 15 is 0 Å². The van der Waals surface area contributed by atoms with Crippen LogP contribution in [0, 0.1) is 0 Å². The van der Waals surface area contributed by atoms with Gasteiger partial charge in [0.15, 0.2) is 0 Å². The van der Waals surface area contributed by atoms with E-state index in [0.29, 0.717) is 5.91 Å². The quantitative estimate of drug-likeness (QED) is 0.784. The molecule has 2 fully saturated rings. The molecule has 1 N–H and O–H groups in total. The molecule has 0 aliphatic carbocycles. The molecule has 4 heteroatoms. The molecule has 0 radical (unpaired) electrons. The lowest BCUT2D eigenvalue weighted by Gasteiger charge is -2.34. The lowest BCUT2D eigenvalue weighted by molar-refractivity contribution is -0.130. The molecule has 3 unspecified atom stereocenters. The van der Waals surface area contributed by atoms with Gasteiger partial charge in [0.2, 0.25) is 5.91 Å². The Kier molecular flexibility index (Phi) is 6.49. The number of hydrogen-bond donors (Lipinski definition) is 1. The molecule has 2 rings (SSSR count). The normalized spacial score (nSPS) is 31.1. The van der Waals surface area contributed by atoms with Gasteiger partial charge < -0.3 is 9.80 Å². The zero-order valence-electron chi connectivity index (χ0n) is 14.1. The summed E-state index contributed by atoms with van der Waals surface area (Å²) >= 11 is 0. The number of carbonyl (C=O) groups is 1. The van der Waals surface area contributed by atoms with E-state index in [1.807, 2.05) is 0 Å². The topological polar surface area (TPSA) is 35.6 Å². The van der Waals surface area contributed by atoms with Crippen molar-refractivity contribution in [1.82, 2.24) is 15.1 Å². The third-order valence-electron chi connectivity index (χ3n) is 5.10. The summed E-state index contributed by atoms with van der Waals surface area (Å²) in [5.74, 6) is 0.329. The fourth-order valence-corrected chi connectivity index (χ4v) is 3.78. The summed E-state index contributed by atoms with van der Waals surface area (Å²) in [4.78, 5) is 17.2. The number of rotatable bonds is 7. The van der Waals surface area contributed by atoms with Crippen molar-refractivity contribution in [3.8, 4) is 0 Å². The first-order valence-corrected chi connectivity index (χ1v) is 8.98. The highest BCUT2D eigenvalue weighted by Crippen LogP contribution is 2.19.